The molecule has 0 aliphatic heterocycles. The number of H-pyrrole nitrogens is 1. The first-order chi connectivity index (χ1) is 12.3. The molecule has 4 rings (SSSR count). The summed E-state index contributed by atoms with van der Waals surface area (Å²) < 4.78 is 1.61. The van der Waals surface area contributed by atoms with E-state index in [9.17, 15) is 4.79 Å². The monoisotopic (exact) mass is 332 g/mol. The van der Waals surface area contributed by atoms with E-state index in [1.54, 1.807) is 47.5 Å². The van der Waals surface area contributed by atoms with Crippen molar-refractivity contribution in [3.05, 3.63) is 66.9 Å². The number of nitrogens with one attached hydrogen (secondary N) is 2. The zero-order chi connectivity index (χ0) is 17.1. The smallest absolute Gasteiger partial charge is 0.258 e. The van der Waals surface area contributed by atoms with E-state index >= 15 is 0 Å². The summed E-state index contributed by atoms with van der Waals surface area (Å²) in [5, 5.41) is 13.4. The number of rotatable bonds is 4. The lowest BCUT2D eigenvalue weighted by Crippen LogP contribution is -2.13. The first kappa shape index (κ1) is 14.7. The third-order valence-electron chi connectivity index (χ3n) is 3.43. The summed E-state index contributed by atoms with van der Waals surface area (Å²) in [5.74, 6) is 0.361. The van der Waals surface area contributed by atoms with Gasteiger partial charge in [0.05, 0.1) is 5.69 Å². The molecule has 9 nitrogen and oxygen atoms in total. The van der Waals surface area contributed by atoms with Gasteiger partial charge in [0.2, 0.25) is 5.95 Å². The predicted octanol–water partition coefficient (Wildman–Crippen LogP) is 1.70. The Morgan fingerprint density at radius 3 is 2.72 bits per heavy atom. The minimum absolute atomic E-state index is 0.186. The fraction of sp³-hybridized carbons (Fsp3) is 0. The highest BCUT2D eigenvalue weighted by Gasteiger charge is 2.11. The van der Waals surface area contributed by atoms with Gasteiger partial charge in [0.15, 0.2) is 5.82 Å². The van der Waals surface area contributed by atoms with Gasteiger partial charge in [-0.15, -0.1) is 5.10 Å². The molecule has 0 aliphatic rings. The molecular weight excluding hydrogens is 320 g/mol. The number of nitrogens with zero attached hydrogens (tertiary/aromatic N) is 6. The van der Waals surface area contributed by atoms with Gasteiger partial charge in [-0.3, -0.25) is 20.2 Å². The van der Waals surface area contributed by atoms with E-state index < -0.39 is 0 Å². The molecule has 9 heteroatoms. The summed E-state index contributed by atoms with van der Waals surface area (Å²) in [6.07, 6.45) is 4.69. The number of benzene rings is 1. The molecule has 3 aromatic heterocycles. The fourth-order valence-corrected chi connectivity index (χ4v) is 2.22. The number of pyridine rings is 1. The van der Waals surface area contributed by atoms with E-state index in [0.29, 0.717) is 17.1 Å². The van der Waals surface area contributed by atoms with Gasteiger partial charge in [0, 0.05) is 11.8 Å². The van der Waals surface area contributed by atoms with E-state index in [2.05, 4.69) is 35.6 Å². The molecule has 0 saturated carbocycles. The van der Waals surface area contributed by atoms with Crippen LogP contribution in [0.4, 0.5) is 5.95 Å². The van der Waals surface area contributed by atoms with Crippen molar-refractivity contribution in [2.75, 3.05) is 5.32 Å². The maximum absolute atomic E-state index is 12.3. The van der Waals surface area contributed by atoms with Crippen molar-refractivity contribution in [1.82, 2.24) is 34.9 Å². The molecule has 0 spiro atoms. The number of aromatic nitrogens is 7. The van der Waals surface area contributed by atoms with E-state index in [0.717, 1.165) is 5.69 Å². The van der Waals surface area contributed by atoms with E-state index in [4.69, 9.17) is 0 Å². The summed E-state index contributed by atoms with van der Waals surface area (Å²) in [5.41, 5.74) is 1.94. The summed E-state index contributed by atoms with van der Waals surface area (Å²) in [6, 6.07) is 12.4. The first-order valence-electron chi connectivity index (χ1n) is 7.40. The lowest BCUT2D eigenvalue weighted by atomic mass is 10.2. The van der Waals surface area contributed by atoms with Crippen LogP contribution in [0.15, 0.2) is 61.3 Å². The molecule has 0 saturated heterocycles. The Morgan fingerprint density at radius 1 is 1.12 bits per heavy atom. The average Bonchev–Trinajstić information content (AvgIpc) is 3.35. The van der Waals surface area contributed by atoms with Gasteiger partial charge in [0.25, 0.3) is 5.91 Å². The van der Waals surface area contributed by atoms with Crippen molar-refractivity contribution in [3.8, 4) is 17.2 Å². The van der Waals surface area contributed by atoms with Gasteiger partial charge in [-0.25, -0.2) is 9.67 Å². The van der Waals surface area contributed by atoms with Crippen molar-refractivity contribution in [3.63, 3.8) is 0 Å². The molecule has 1 aromatic carbocycles. The molecule has 0 atom stereocenters. The van der Waals surface area contributed by atoms with Crippen molar-refractivity contribution in [2.24, 2.45) is 0 Å². The van der Waals surface area contributed by atoms with Gasteiger partial charge in [0.1, 0.15) is 18.3 Å². The Morgan fingerprint density at radius 2 is 2.00 bits per heavy atom. The van der Waals surface area contributed by atoms with Crippen molar-refractivity contribution >= 4 is 11.9 Å². The van der Waals surface area contributed by atoms with Crippen LogP contribution in [0.3, 0.4) is 0 Å². The molecule has 0 fully saturated rings. The third-order valence-corrected chi connectivity index (χ3v) is 3.43. The van der Waals surface area contributed by atoms with Crippen molar-refractivity contribution < 1.29 is 4.79 Å². The van der Waals surface area contributed by atoms with E-state index in [-0.39, 0.29) is 11.9 Å². The quantitative estimate of drug-likeness (QED) is 0.588. The lowest BCUT2D eigenvalue weighted by Gasteiger charge is -2.03. The summed E-state index contributed by atoms with van der Waals surface area (Å²) in [7, 11) is 0. The van der Waals surface area contributed by atoms with E-state index in [1.165, 1.54) is 6.33 Å². The van der Waals surface area contributed by atoms with Gasteiger partial charge < -0.3 is 0 Å². The molecule has 0 radical (unpaired) electrons. The Bertz CT molecular complexity index is 977. The van der Waals surface area contributed by atoms with Crippen LogP contribution in [0.1, 0.15) is 10.4 Å². The van der Waals surface area contributed by atoms with Crippen molar-refractivity contribution in [1.29, 1.82) is 0 Å². The topological polar surface area (TPSA) is 114 Å². The molecule has 0 bridgehead atoms. The summed E-state index contributed by atoms with van der Waals surface area (Å²) in [6.45, 7) is 0. The molecule has 0 aliphatic carbocycles. The Hall–Kier alpha value is -3.88. The molecule has 25 heavy (non-hydrogen) atoms. The SMILES string of the molecule is O=C(Nc1n[nH]c(-c2ccccn2)n1)c1ccc(-n2cncn2)cc1. The molecule has 2 N–H and O–H groups in total. The second kappa shape index (κ2) is 6.32. The number of carbonyl (C=O) groups is 1. The van der Waals surface area contributed by atoms with Crippen LogP contribution >= 0.6 is 0 Å². The normalized spacial score (nSPS) is 10.6. The van der Waals surface area contributed by atoms with Crippen LogP contribution in [0.25, 0.3) is 17.2 Å². The van der Waals surface area contributed by atoms with Crippen LogP contribution in [-0.2, 0) is 0 Å². The number of anilines is 1. The van der Waals surface area contributed by atoms with Crippen LogP contribution in [0, 0.1) is 0 Å². The highest BCUT2D eigenvalue weighted by Crippen LogP contribution is 2.13. The predicted molar refractivity (Wildman–Crippen MR) is 88.9 cm³/mol. The van der Waals surface area contributed by atoms with Gasteiger partial charge in [-0.05, 0) is 36.4 Å². The van der Waals surface area contributed by atoms with Crippen LogP contribution in [0.2, 0.25) is 0 Å². The van der Waals surface area contributed by atoms with Crippen LogP contribution < -0.4 is 5.32 Å². The standard InChI is InChI=1S/C16H12N8O/c25-15(11-4-6-12(7-5-11)24-10-17-9-19-24)21-16-20-14(22-23-16)13-3-1-2-8-18-13/h1-10H,(H2,20,21,22,23,25). The molecule has 122 valence electrons. The maximum Gasteiger partial charge on any atom is 0.258 e. The minimum atomic E-state index is -0.309. The van der Waals surface area contributed by atoms with Gasteiger partial charge in [-0.2, -0.15) is 10.1 Å². The highest BCUT2D eigenvalue weighted by molar-refractivity contribution is 6.03. The third kappa shape index (κ3) is 3.11. The lowest BCUT2D eigenvalue weighted by molar-refractivity contribution is 0.102. The average molecular weight is 332 g/mol. The zero-order valence-corrected chi connectivity index (χ0v) is 12.9. The second-order valence-electron chi connectivity index (χ2n) is 5.06. The second-order valence-corrected chi connectivity index (χ2v) is 5.06. The molecular formula is C16H12N8O. The number of amides is 1. The van der Waals surface area contributed by atoms with E-state index in [1.807, 2.05) is 12.1 Å². The minimum Gasteiger partial charge on any atom is -0.289 e. The van der Waals surface area contributed by atoms with Crippen LogP contribution in [0.5, 0.6) is 0 Å². The number of hydrogen-bond donors (Lipinski definition) is 2. The molecule has 0 unspecified atom stereocenters. The van der Waals surface area contributed by atoms with Crippen LogP contribution in [-0.4, -0.2) is 40.8 Å². The molecule has 3 heterocycles. The van der Waals surface area contributed by atoms with Crippen molar-refractivity contribution in [2.45, 2.75) is 0 Å². The summed E-state index contributed by atoms with van der Waals surface area (Å²) >= 11 is 0. The van der Waals surface area contributed by atoms with Gasteiger partial charge >= 0.3 is 0 Å². The first-order valence-corrected chi connectivity index (χ1v) is 7.40. The maximum atomic E-state index is 12.3. The fourth-order valence-electron chi connectivity index (χ4n) is 2.22. The zero-order valence-electron chi connectivity index (χ0n) is 12.9. The number of aromatic amines is 1. The Kier molecular flexibility index (Phi) is 3.71. The Labute approximate surface area is 141 Å². The molecule has 1 amide bonds. The van der Waals surface area contributed by atoms with Gasteiger partial charge in [-0.1, -0.05) is 6.07 Å². The summed E-state index contributed by atoms with van der Waals surface area (Å²) in [4.78, 5) is 24.6. The Balaban J connectivity index is 1.48. The largest absolute Gasteiger partial charge is 0.289 e. The number of carbonyl (C=O) groups excluding carboxylic acids is 1. The number of hydrogen-bond acceptors (Lipinski definition) is 6. The highest BCUT2D eigenvalue weighted by atomic mass is 16.1. The molecule has 4 aromatic rings.